The second kappa shape index (κ2) is 6.93. The minimum atomic E-state index is -4.71. The van der Waals surface area contributed by atoms with Crippen LogP contribution in [-0.2, 0) is 15.8 Å². The molecule has 27 heavy (non-hydrogen) atoms. The SMILES string of the molecule is CC(C)N1C(=O)C[C@@H](Nc2cc(C(F)(F)F)nc(-c3ccccn3)n2)C1=O. The van der Waals surface area contributed by atoms with Gasteiger partial charge in [-0.2, -0.15) is 13.2 Å². The van der Waals surface area contributed by atoms with Crippen molar-refractivity contribution in [2.24, 2.45) is 0 Å². The topological polar surface area (TPSA) is 88.1 Å². The van der Waals surface area contributed by atoms with E-state index in [1.54, 1.807) is 26.0 Å². The summed E-state index contributed by atoms with van der Waals surface area (Å²) in [5.74, 6) is -1.32. The van der Waals surface area contributed by atoms with Crippen LogP contribution in [0.5, 0.6) is 0 Å². The Morgan fingerprint density at radius 3 is 2.52 bits per heavy atom. The Morgan fingerprint density at radius 1 is 1.22 bits per heavy atom. The van der Waals surface area contributed by atoms with Gasteiger partial charge in [0.15, 0.2) is 11.5 Å². The fraction of sp³-hybridized carbons (Fsp3) is 0.353. The van der Waals surface area contributed by atoms with Gasteiger partial charge >= 0.3 is 6.18 Å². The molecule has 142 valence electrons. The molecule has 1 aliphatic rings. The van der Waals surface area contributed by atoms with E-state index in [1.165, 1.54) is 12.3 Å². The van der Waals surface area contributed by atoms with Crippen LogP contribution in [0, 0.1) is 0 Å². The molecule has 2 aromatic heterocycles. The fourth-order valence-electron chi connectivity index (χ4n) is 2.76. The Balaban J connectivity index is 1.96. The summed E-state index contributed by atoms with van der Waals surface area (Å²) >= 11 is 0. The molecule has 3 rings (SSSR count). The second-order valence-corrected chi connectivity index (χ2v) is 6.27. The number of hydrogen-bond donors (Lipinski definition) is 1. The number of anilines is 1. The van der Waals surface area contributed by atoms with Crippen LogP contribution in [0.1, 0.15) is 26.0 Å². The molecule has 1 atom stereocenters. The van der Waals surface area contributed by atoms with Crippen molar-refractivity contribution in [2.45, 2.75) is 38.5 Å². The van der Waals surface area contributed by atoms with Crippen molar-refractivity contribution >= 4 is 17.6 Å². The molecule has 0 unspecified atom stereocenters. The van der Waals surface area contributed by atoms with Gasteiger partial charge in [-0.1, -0.05) is 6.07 Å². The zero-order valence-corrected chi connectivity index (χ0v) is 14.5. The number of carbonyl (C=O) groups excluding carboxylic acids is 2. The van der Waals surface area contributed by atoms with Crippen LogP contribution in [0.3, 0.4) is 0 Å². The highest BCUT2D eigenvalue weighted by molar-refractivity contribution is 6.07. The highest BCUT2D eigenvalue weighted by atomic mass is 19.4. The lowest BCUT2D eigenvalue weighted by Gasteiger charge is -2.19. The molecule has 1 saturated heterocycles. The van der Waals surface area contributed by atoms with Gasteiger partial charge in [0.05, 0.1) is 6.42 Å². The third-order valence-corrected chi connectivity index (χ3v) is 3.93. The number of aromatic nitrogens is 3. The lowest BCUT2D eigenvalue weighted by molar-refractivity contribution is -0.141. The van der Waals surface area contributed by atoms with Crippen molar-refractivity contribution in [1.82, 2.24) is 19.9 Å². The molecule has 0 bridgehead atoms. The normalized spacial score (nSPS) is 17.7. The standard InChI is InChI=1S/C17H16F3N5O2/c1-9(2)25-14(26)7-11(16(25)27)22-13-8-12(17(18,19)20)23-15(24-13)10-5-3-4-6-21-10/h3-6,8-9,11H,7H2,1-2H3,(H,22,23,24)/t11-/m1/s1. The third kappa shape index (κ3) is 3.88. The number of pyridine rings is 1. The molecule has 1 aliphatic heterocycles. The van der Waals surface area contributed by atoms with Gasteiger partial charge < -0.3 is 5.32 Å². The third-order valence-electron chi connectivity index (χ3n) is 3.93. The summed E-state index contributed by atoms with van der Waals surface area (Å²) in [6, 6.07) is 4.08. The number of hydrogen-bond acceptors (Lipinski definition) is 6. The van der Waals surface area contributed by atoms with Crippen molar-refractivity contribution in [2.75, 3.05) is 5.32 Å². The second-order valence-electron chi connectivity index (χ2n) is 6.27. The minimum absolute atomic E-state index is 0.152. The molecular formula is C17H16F3N5O2. The molecule has 10 heteroatoms. The number of amides is 2. The van der Waals surface area contributed by atoms with Crippen molar-refractivity contribution in [3.63, 3.8) is 0 Å². The number of likely N-dealkylation sites (tertiary alicyclic amines) is 1. The average Bonchev–Trinajstić information content (AvgIpc) is 2.88. The molecule has 1 fully saturated rings. The maximum Gasteiger partial charge on any atom is 0.433 e. The maximum absolute atomic E-state index is 13.2. The van der Waals surface area contributed by atoms with E-state index in [0.29, 0.717) is 6.07 Å². The molecule has 0 radical (unpaired) electrons. The Morgan fingerprint density at radius 2 is 1.96 bits per heavy atom. The Kier molecular flexibility index (Phi) is 4.81. The lowest BCUT2D eigenvalue weighted by Crippen LogP contribution is -2.39. The quantitative estimate of drug-likeness (QED) is 0.822. The maximum atomic E-state index is 13.2. The Bertz CT molecular complexity index is 871. The highest BCUT2D eigenvalue weighted by Crippen LogP contribution is 2.31. The molecule has 0 aliphatic carbocycles. The average molecular weight is 379 g/mol. The van der Waals surface area contributed by atoms with E-state index in [-0.39, 0.29) is 35.7 Å². The van der Waals surface area contributed by atoms with Crippen molar-refractivity contribution in [3.8, 4) is 11.5 Å². The van der Waals surface area contributed by atoms with E-state index in [0.717, 1.165) is 4.90 Å². The van der Waals surface area contributed by atoms with E-state index < -0.39 is 23.8 Å². The van der Waals surface area contributed by atoms with Gasteiger partial charge in [0.1, 0.15) is 17.6 Å². The van der Waals surface area contributed by atoms with Crippen LogP contribution in [0.4, 0.5) is 19.0 Å². The van der Waals surface area contributed by atoms with E-state index in [4.69, 9.17) is 0 Å². The molecule has 0 aromatic carbocycles. The monoisotopic (exact) mass is 379 g/mol. The molecule has 0 saturated carbocycles. The van der Waals surface area contributed by atoms with Gasteiger partial charge in [-0.05, 0) is 26.0 Å². The molecule has 1 N–H and O–H groups in total. The van der Waals surface area contributed by atoms with E-state index in [1.807, 2.05) is 0 Å². The predicted molar refractivity (Wildman–Crippen MR) is 89.3 cm³/mol. The number of nitrogens with zero attached hydrogens (tertiary/aromatic N) is 4. The Hall–Kier alpha value is -3.04. The first kappa shape index (κ1) is 18.7. The molecule has 0 spiro atoms. The van der Waals surface area contributed by atoms with Gasteiger partial charge in [0.2, 0.25) is 5.91 Å². The molecule has 3 heterocycles. The van der Waals surface area contributed by atoms with Gasteiger partial charge in [0, 0.05) is 18.3 Å². The van der Waals surface area contributed by atoms with Gasteiger partial charge in [-0.3, -0.25) is 19.5 Å². The first-order valence-corrected chi connectivity index (χ1v) is 8.17. The number of carbonyl (C=O) groups is 2. The highest BCUT2D eigenvalue weighted by Gasteiger charge is 2.40. The number of halogens is 3. The smallest absolute Gasteiger partial charge is 0.358 e. The van der Waals surface area contributed by atoms with E-state index in [9.17, 15) is 22.8 Å². The summed E-state index contributed by atoms with van der Waals surface area (Å²) in [6.07, 6.45) is -3.45. The first-order valence-electron chi connectivity index (χ1n) is 8.17. The fourth-order valence-corrected chi connectivity index (χ4v) is 2.76. The van der Waals surface area contributed by atoms with Crippen LogP contribution in [0.25, 0.3) is 11.5 Å². The summed E-state index contributed by atoms with van der Waals surface area (Å²) in [5, 5.41) is 2.64. The van der Waals surface area contributed by atoms with Crippen LogP contribution >= 0.6 is 0 Å². The zero-order chi connectivity index (χ0) is 19.8. The van der Waals surface area contributed by atoms with E-state index >= 15 is 0 Å². The van der Waals surface area contributed by atoms with Crippen molar-refractivity contribution < 1.29 is 22.8 Å². The predicted octanol–water partition coefficient (Wildman–Crippen LogP) is 2.51. The van der Waals surface area contributed by atoms with Gasteiger partial charge in [0.25, 0.3) is 5.91 Å². The van der Waals surface area contributed by atoms with Crippen LogP contribution in [-0.4, -0.2) is 43.7 Å². The number of rotatable bonds is 4. The zero-order valence-electron chi connectivity index (χ0n) is 14.5. The molecule has 7 nitrogen and oxygen atoms in total. The van der Waals surface area contributed by atoms with Gasteiger partial charge in [-0.15, -0.1) is 0 Å². The van der Waals surface area contributed by atoms with Crippen molar-refractivity contribution in [3.05, 3.63) is 36.2 Å². The minimum Gasteiger partial charge on any atom is -0.358 e. The summed E-state index contributed by atoms with van der Waals surface area (Å²) in [5.41, 5.74) is -1.01. The lowest BCUT2D eigenvalue weighted by atomic mass is 10.2. The Labute approximate surface area is 152 Å². The van der Waals surface area contributed by atoms with Crippen molar-refractivity contribution in [1.29, 1.82) is 0 Å². The summed E-state index contributed by atoms with van der Waals surface area (Å²) < 4.78 is 39.6. The number of nitrogens with one attached hydrogen (secondary N) is 1. The first-order chi connectivity index (χ1) is 12.7. The summed E-state index contributed by atoms with van der Waals surface area (Å²) in [7, 11) is 0. The number of imide groups is 1. The van der Waals surface area contributed by atoms with Gasteiger partial charge in [-0.25, -0.2) is 9.97 Å². The molecular weight excluding hydrogens is 363 g/mol. The van der Waals surface area contributed by atoms with E-state index in [2.05, 4.69) is 20.3 Å². The largest absolute Gasteiger partial charge is 0.433 e. The number of alkyl halides is 3. The van der Waals surface area contributed by atoms with Crippen LogP contribution in [0.15, 0.2) is 30.5 Å². The van der Waals surface area contributed by atoms with Crippen LogP contribution < -0.4 is 5.32 Å². The molecule has 2 aromatic rings. The molecule has 2 amide bonds. The van der Waals surface area contributed by atoms with Crippen LogP contribution in [0.2, 0.25) is 0 Å². The summed E-state index contributed by atoms with van der Waals surface area (Å²) in [6.45, 7) is 3.37. The summed E-state index contributed by atoms with van der Waals surface area (Å²) in [4.78, 5) is 37.0.